The molecule has 1 atom stereocenters. The third-order valence-corrected chi connectivity index (χ3v) is 2.77. The molecule has 1 aromatic heterocycles. The Morgan fingerprint density at radius 2 is 1.89 bits per heavy atom. The molecule has 2 aromatic rings. The summed E-state index contributed by atoms with van der Waals surface area (Å²) in [6, 6.07) is 5.90. The Hall–Kier alpha value is -1.68. The molecule has 18 heavy (non-hydrogen) atoms. The highest BCUT2D eigenvalue weighted by Gasteiger charge is 2.09. The molecule has 2 N–H and O–H groups in total. The molecule has 0 spiro atoms. The van der Waals surface area contributed by atoms with Gasteiger partial charge in [-0.25, -0.2) is 8.78 Å². The van der Waals surface area contributed by atoms with E-state index in [1.807, 2.05) is 25.4 Å². The van der Waals surface area contributed by atoms with Crippen molar-refractivity contribution < 1.29 is 8.78 Å². The lowest BCUT2D eigenvalue weighted by Gasteiger charge is -2.06. The lowest BCUT2D eigenvalue weighted by molar-refractivity contribution is 0.544. The van der Waals surface area contributed by atoms with E-state index in [0.717, 1.165) is 12.0 Å². The van der Waals surface area contributed by atoms with E-state index >= 15 is 0 Å². The standard InChI is InChI=1S/C14H16F2N2/c1-10(17)7-11-5-6-18(8-11)9-12-13(15)3-2-4-14(12)16/h2-6,8,10H,7,9,17H2,1H3. The summed E-state index contributed by atoms with van der Waals surface area (Å²) in [6.07, 6.45) is 4.44. The molecule has 0 amide bonds. The number of nitrogens with zero attached hydrogens (tertiary/aromatic N) is 1. The van der Waals surface area contributed by atoms with E-state index in [1.54, 1.807) is 4.57 Å². The summed E-state index contributed by atoms with van der Waals surface area (Å²) in [6.45, 7) is 2.12. The lowest BCUT2D eigenvalue weighted by Crippen LogP contribution is -2.17. The quantitative estimate of drug-likeness (QED) is 0.888. The van der Waals surface area contributed by atoms with E-state index in [4.69, 9.17) is 5.73 Å². The first-order chi connectivity index (χ1) is 8.56. The van der Waals surface area contributed by atoms with Gasteiger partial charge in [-0.05, 0) is 37.1 Å². The van der Waals surface area contributed by atoms with Crippen LogP contribution in [0.2, 0.25) is 0 Å². The van der Waals surface area contributed by atoms with E-state index in [-0.39, 0.29) is 18.2 Å². The topological polar surface area (TPSA) is 30.9 Å². The molecule has 2 nitrogen and oxygen atoms in total. The number of rotatable bonds is 4. The molecule has 0 bridgehead atoms. The average molecular weight is 250 g/mol. The summed E-state index contributed by atoms with van der Waals surface area (Å²) in [7, 11) is 0. The normalized spacial score (nSPS) is 12.7. The minimum Gasteiger partial charge on any atom is -0.349 e. The van der Waals surface area contributed by atoms with E-state index in [0.29, 0.717) is 0 Å². The van der Waals surface area contributed by atoms with Crippen LogP contribution in [0.5, 0.6) is 0 Å². The zero-order chi connectivity index (χ0) is 13.1. The second-order valence-electron chi connectivity index (χ2n) is 4.57. The molecule has 1 aromatic carbocycles. The van der Waals surface area contributed by atoms with Gasteiger partial charge in [0.15, 0.2) is 0 Å². The van der Waals surface area contributed by atoms with Crippen molar-refractivity contribution in [1.82, 2.24) is 4.57 Å². The molecule has 96 valence electrons. The number of halogens is 2. The van der Waals surface area contributed by atoms with Gasteiger partial charge in [0.05, 0.1) is 6.54 Å². The molecule has 4 heteroatoms. The highest BCUT2D eigenvalue weighted by molar-refractivity contribution is 5.21. The Labute approximate surface area is 105 Å². The summed E-state index contributed by atoms with van der Waals surface area (Å²) in [4.78, 5) is 0. The average Bonchev–Trinajstić information content (AvgIpc) is 2.70. The summed E-state index contributed by atoms with van der Waals surface area (Å²) in [5.41, 5.74) is 6.86. The molecular weight excluding hydrogens is 234 g/mol. The van der Waals surface area contributed by atoms with E-state index < -0.39 is 11.6 Å². The van der Waals surface area contributed by atoms with Crippen LogP contribution < -0.4 is 5.73 Å². The molecule has 0 aliphatic rings. The molecule has 0 aliphatic carbocycles. The SMILES string of the molecule is CC(N)Cc1ccn(Cc2c(F)cccc2F)c1. The van der Waals surface area contributed by atoms with Crippen LogP contribution in [0.3, 0.4) is 0 Å². The maximum absolute atomic E-state index is 13.5. The second kappa shape index (κ2) is 5.31. The third-order valence-electron chi connectivity index (χ3n) is 2.77. The fraction of sp³-hybridized carbons (Fsp3) is 0.286. The van der Waals surface area contributed by atoms with Gasteiger partial charge < -0.3 is 10.3 Å². The molecule has 0 saturated heterocycles. The highest BCUT2D eigenvalue weighted by Crippen LogP contribution is 2.14. The van der Waals surface area contributed by atoms with Crippen molar-refractivity contribution in [2.75, 3.05) is 0 Å². The van der Waals surface area contributed by atoms with Gasteiger partial charge in [-0.15, -0.1) is 0 Å². The van der Waals surface area contributed by atoms with Gasteiger partial charge in [0.25, 0.3) is 0 Å². The maximum atomic E-state index is 13.5. The fourth-order valence-corrected chi connectivity index (χ4v) is 1.95. The van der Waals surface area contributed by atoms with Gasteiger partial charge >= 0.3 is 0 Å². The van der Waals surface area contributed by atoms with E-state index in [1.165, 1.54) is 18.2 Å². The van der Waals surface area contributed by atoms with E-state index in [2.05, 4.69) is 0 Å². The smallest absolute Gasteiger partial charge is 0.131 e. The molecular formula is C14H16F2N2. The summed E-state index contributed by atoms with van der Waals surface area (Å²) in [5, 5.41) is 0. The highest BCUT2D eigenvalue weighted by atomic mass is 19.1. The zero-order valence-electron chi connectivity index (χ0n) is 10.2. The minimum absolute atomic E-state index is 0.0750. The van der Waals surface area contributed by atoms with E-state index in [9.17, 15) is 8.78 Å². The van der Waals surface area contributed by atoms with Crippen LogP contribution in [0, 0.1) is 11.6 Å². The summed E-state index contributed by atoms with van der Waals surface area (Å²) >= 11 is 0. The van der Waals surface area contributed by atoms with Crippen LogP contribution in [-0.4, -0.2) is 10.6 Å². The Balaban J connectivity index is 2.16. The van der Waals surface area contributed by atoms with Gasteiger partial charge in [-0.2, -0.15) is 0 Å². The lowest BCUT2D eigenvalue weighted by atomic mass is 10.1. The number of hydrogen-bond donors (Lipinski definition) is 1. The predicted octanol–water partition coefficient (Wildman–Crippen LogP) is 2.70. The van der Waals surface area contributed by atoms with Gasteiger partial charge in [-0.3, -0.25) is 0 Å². The van der Waals surface area contributed by atoms with Crippen LogP contribution in [0.1, 0.15) is 18.1 Å². The van der Waals surface area contributed by atoms with Crippen LogP contribution in [-0.2, 0) is 13.0 Å². The first-order valence-corrected chi connectivity index (χ1v) is 5.89. The van der Waals surface area contributed by atoms with Crippen molar-refractivity contribution >= 4 is 0 Å². The Kier molecular flexibility index (Phi) is 3.77. The van der Waals surface area contributed by atoms with Gasteiger partial charge in [0.2, 0.25) is 0 Å². The molecule has 0 radical (unpaired) electrons. The van der Waals surface area contributed by atoms with Crippen molar-refractivity contribution in [3.05, 3.63) is 59.4 Å². The third kappa shape index (κ3) is 2.96. The fourth-order valence-electron chi connectivity index (χ4n) is 1.95. The number of benzene rings is 1. The predicted molar refractivity (Wildman–Crippen MR) is 67.2 cm³/mol. The monoisotopic (exact) mass is 250 g/mol. The van der Waals surface area contributed by atoms with Crippen LogP contribution >= 0.6 is 0 Å². The Bertz CT molecular complexity index is 512. The number of aromatic nitrogens is 1. The first-order valence-electron chi connectivity index (χ1n) is 5.89. The Morgan fingerprint density at radius 1 is 1.22 bits per heavy atom. The van der Waals surface area contributed by atoms with Gasteiger partial charge in [0.1, 0.15) is 11.6 Å². The Morgan fingerprint density at radius 3 is 2.50 bits per heavy atom. The first kappa shape index (κ1) is 12.8. The summed E-state index contributed by atoms with van der Waals surface area (Å²) in [5.74, 6) is -1.03. The van der Waals surface area contributed by atoms with Crippen molar-refractivity contribution in [3.8, 4) is 0 Å². The second-order valence-corrected chi connectivity index (χ2v) is 4.57. The summed E-state index contributed by atoms with van der Waals surface area (Å²) < 4.78 is 28.7. The number of nitrogens with two attached hydrogens (primary N) is 1. The van der Waals surface area contributed by atoms with Crippen molar-refractivity contribution in [2.24, 2.45) is 5.73 Å². The largest absolute Gasteiger partial charge is 0.349 e. The molecule has 0 fully saturated rings. The van der Waals surface area contributed by atoms with Crippen molar-refractivity contribution in [3.63, 3.8) is 0 Å². The molecule has 1 heterocycles. The molecule has 2 rings (SSSR count). The van der Waals surface area contributed by atoms with Crippen LogP contribution in [0.4, 0.5) is 8.78 Å². The molecule has 1 unspecified atom stereocenters. The van der Waals surface area contributed by atoms with Gasteiger partial charge in [0, 0.05) is 24.0 Å². The van der Waals surface area contributed by atoms with Crippen molar-refractivity contribution in [1.29, 1.82) is 0 Å². The molecule has 0 saturated carbocycles. The maximum Gasteiger partial charge on any atom is 0.131 e. The molecule has 0 aliphatic heterocycles. The van der Waals surface area contributed by atoms with Crippen LogP contribution in [0.15, 0.2) is 36.7 Å². The number of hydrogen-bond acceptors (Lipinski definition) is 1. The van der Waals surface area contributed by atoms with Crippen molar-refractivity contribution in [2.45, 2.75) is 25.9 Å². The van der Waals surface area contributed by atoms with Gasteiger partial charge in [-0.1, -0.05) is 6.07 Å². The van der Waals surface area contributed by atoms with Crippen LogP contribution in [0.25, 0.3) is 0 Å². The minimum atomic E-state index is -0.516. The zero-order valence-corrected chi connectivity index (χ0v) is 10.2.